The van der Waals surface area contributed by atoms with Gasteiger partial charge in [-0.15, -0.1) is 0 Å². The van der Waals surface area contributed by atoms with Crippen molar-refractivity contribution in [3.8, 4) is 0 Å². The van der Waals surface area contributed by atoms with Gasteiger partial charge in [0.2, 0.25) is 5.91 Å². The SMILES string of the molecule is CCCC1CCC(=O)N(Cc2ccc(C(=O)O)cn2)CC1. The summed E-state index contributed by atoms with van der Waals surface area (Å²) in [6.07, 6.45) is 6.34. The molecule has 1 atom stereocenters. The highest BCUT2D eigenvalue weighted by Crippen LogP contribution is 2.23. The molecule has 0 radical (unpaired) electrons. The lowest BCUT2D eigenvalue weighted by Crippen LogP contribution is -2.30. The Morgan fingerprint density at radius 1 is 1.43 bits per heavy atom. The van der Waals surface area contributed by atoms with Crippen LogP contribution in [0.1, 0.15) is 55.1 Å². The number of nitrogens with zero attached hydrogens (tertiary/aromatic N) is 2. The van der Waals surface area contributed by atoms with Gasteiger partial charge in [-0.1, -0.05) is 19.8 Å². The van der Waals surface area contributed by atoms with E-state index in [0.29, 0.717) is 18.9 Å². The van der Waals surface area contributed by atoms with Crippen molar-refractivity contribution >= 4 is 11.9 Å². The predicted octanol–water partition coefficient (Wildman–Crippen LogP) is 2.71. The molecule has 21 heavy (non-hydrogen) atoms. The minimum Gasteiger partial charge on any atom is -0.478 e. The first-order valence-corrected chi connectivity index (χ1v) is 7.56. The molecule has 1 aromatic rings. The average Bonchev–Trinajstić information content (AvgIpc) is 2.64. The van der Waals surface area contributed by atoms with Crippen LogP contribution in [0.15, 0.2) is 18.3 Å². The third-order valence-corrected chi connectivity index (χ3v) is 4.05. The number of carbonyl (C=O) groups is 2. The van der Waals surface area contributed by atoms with Gasteiger partial charge in [0.25, 0.3) is 0 Å². The summed E-state index contributed by atoms with van der Waals surface area (Å²) in [6, 6.07) is 3.22. The van der Waals surface area contributed by atoms with Crippen molar-refractivity contribution in [2.45, 2.75) is 45.6 Å². The Hall–Kier alpha value is -1.91. The topological polar surface area (TPSA) is 70.5 Å². The Morgan fingerprint density at radius 2 is 2.24 bits per heavy atom. The zero-order valence-electron chi connectivity index (χ0n) is 12.4. The Balaban J connectivity index is 1.97. The molecule has 1 aliphatic heterocycles. The zero-order chi connectivity index (χ0) is 15.2. The molecule has 1 aliphatic rings. The minimum absolute atomic E-state index is 0.170. The normalized spacial score (nSPS) is 19.4. The lowest BCUT2D eigenvalue weighted by molar-refractivity contribution is -0.131. The molecule has 0 aliphatic carbocycles. The van der Waals surface area contributed by atoms with Crippen LogP contribution < -0.4 is 0 Å². The molecular weight excluding hydrogens is 268 g/mol. The first-order valence-electron chi connectivity index (χ1n) is 7.56. The second kappa shape index (κ2) is 7.20. The van der Waals surface area contributed by atoms with E-state index in [-0.39, 0.29) is 11.5 Å². The fraction of sp³-hybridized carbons (Fsp3) is 0.562. The number of carboxylic acids is 1. The molecule has 1 N–H and O–H groups in total. The van der Waals surface area contributed by atoms with Gasteiger partial charge < -0.3 is 10.0 Å². The van der Waals surface area contributed by atoms with Crippen molar-refractivity contribution < 1.29 is 14.7 Å². The summed E-state index contributed by atoms with van der Waals surface area (Å²) in [7, 11) is 0. The van der Waals surface area contributed by atoms with Crippen molar-refractivity contribution in [3.63, 3.8) is 0 Å². The van der Waals surface area contributed by atoms with Gasteiger partial charge in [-0.25, -0.2) is 4.79 Å². The molecule has 0 saturated carbocycles. The van der Waals surface area contributed by atoms with Gasteiger partial charge >= 0.3 is 5.97 Å². The Labute approximate surface area is 125 Å². The number of hydrogen-bond donors (Lipinski definition) is 1. The van der Waals surface area contributed by atoms with Crippen molar-refractivity contribution in [2.75, 3.05) is 6.54 Å². The molecule has 114 valence electrons. The van der Waals surface area contributed by atoms with Gasteiger partial charge in [0.1, 0.15) is 0 Å². The summed E-state index contributed by atoms with van der Waals surface area (Å²) in [5.74, 6) is -0.161. The van der Waals surface area contributed by atoms with Crippen LogP contribution >= 0.6 is 0 Å². The smallest absolute Gasteiger partial charge is 0.337 e. The number of aromatic carboxylic acids is 1. The van der Waals surface area contributed by atoms with Gasteiger partial charge in [-0.2, -0.15) is 0 Å². The van der Waals surface area contributed by atoms with E-state index in [9.17, 15) is 9.59 Å². The molecule has 2 rings (SSSR count). The number of amides is 1. The third-order valence-electron chi connectivity index (χ3n) is 4.05. The molecule has 0 aromatic carbocycles. The van der Waals surface area contributed by atoms with Gasteiger partial charge in [0.15, 0.2) is 0 Å². The van der Waals surface area contributed by atoms with E-state index < -0.39 is 5.97 Å². The van der Waals surface area contributed by atoms with E-state index in [4.69, 9.17) is 5.11 Å². The largest absolute Gasteiger partial charge is 0.478 e. The number of likely N-dealkylation sites (tertiary alicyclic amines) is 1. The monoisotopic (exact) mass is 290 g/mol. The van der Waals surface area contributed by atoms with E-state index in [0.717, 1.165) is 31.5 Å². The molecule has 0 bridgehead atoms. The van der Waals surface area contributed by atoms with Crippen LogP contribution in [0.3, 0.4) is 0 Å². The Bertz CT molecular complexity index is 499. The summed E-state index contributed by atoms with van der Waals surface area (Å²) in [5, 5.41) is 8.85. The average molecular weight is 290 g/mol. The van der Waals surface area contributed by atoms with Gasteiger partial charge in [0, 0.05) is 19.2 Å². The molecule has 5 nitrogen and oxygen atoms in total. The molecule has 1 amide bonds. The van der Waals surface area contributed by atoms with Crippen LogP contribution in [0.4, 0.5) is 0 Å². The number of carbonyl (C=O) groups excluding carboxylic acids is 1. The first-order chi connectivity index (χ1) is 10.1. The molecule has 1 unspecified atom stereocenters. The number of aromatic nitrogens is 1. The molecule has 1 saturated heterocycles. The Kier molecular flexibility index (Phi) is 5.31. The van der Waals surface area contributed by atoms with Crippen LogP contribution in [0.2, 0.25) is 0 Å². The summed E-state index contributed by atoms with van der Waals surface area (Å²) in [6.45, 7) is 3.42. The predicted molar refractivity (Wildman–Crippen MR) is 78.9 cm³/mol. The van der Waals surface area contributed by atoms with Gasteiger partial charge in [-0.05, 0) is 30.9 Å². The van der Waals surface area contributed by atoms with Crippen molar-refractivity contribution in [3.05, 3.63) is 29.6 Å². The lowest BCUT2D eigenvalue weighted by atomic mass is 9.96. The fourth-order valence-corrected chi connectivity index (χ4v) is 2.80. The van der Waals surface area contributed by atoms with E-state index in [2.05, 4.69) is 11.9 Å². The van der Waals surface area contributed by atoms with Crippen LogP contribution in [0.5, 0.6) is 0 Å². The molecule has 1 aromatic heterocycles. The number of hydrogen-bond acceptors (Lipinski definition) is 3. The molecule has 2 heterocycles. The molecule has 0 spiro atoms. The number of pyridine rings is 1. The Morgan fingerprint density at radius 3 is 2.86 bits per heavy atom. The van der Waals surface area contributed by atoms with E-state index >= 15 is 0 Å². The number of carboxylic acid groups (broad SMARTS) is 1. The molecule has 5 heteroatoms. The van der Waals surface area contributed by atoms with Crippen molar-refractivity contribution in [1.82, 2.24) is 9.88 Å². The van der Waals surface area contributed by atoms with Gasteiger partial charge in [-0.3, -0.25) is 9.78 Å². The van der Waals surface area contributed by atoms with Crippen molar-refractivity contribution in [1.29, 1.82) is 0 Å². The summed E-state index contributed by atoms with van der Waals surface area (Å²) < 4.78 is 0. The lowest BCUT2D eigenvalue weighted by Gasteiger charge is -2.20. The van der Waals surface area contributed by atoms with Crippen molar-refractivity contribution in [2.24, 2.45) is 5.92 Å². The van der Waals surface area contributed by atoms with E-state index in [1.54, 1.807) is 6.07 Å². The third kappa shape index (κ3) is 4.28. The van der Waals surface area contributed by atoms with Crippen LogP contribution in [-0.4, -0.2) is 33.4 Å². The highest BCUT2D eigenvalue weighted by molar-refractivity contribution is 5.87. The van der Waals surface area contributed by atoms with Crippen LogP contribution in [-0.2, 0) is 11.3 Å². The first kappa shape index (κ1) is 15.5. The summed E-state index contributed by atoms with van der Waals surface area (Å²) in [4.78, 5) is 28.9. The second-order valence-electron chi connectivity index (χ2n) is 5.64. The zero-order valence-corrected chi connectivity index (χ0v) is 12.4. The quantitative estimate of drug-likeness (QED) is 0.905. The summed E-state index contributed by atoms with van der Waals surface area (Å²) >= 11 is 0. The maximum Gasteiger partial charge on any atom is 0.337 e. The fourth-order valence-electron chi connectivity index (χ4n) is 2.80. The summed E-state index contributed by atoms with van der Waals surface area (Å²) in [5.41, 5.74) is 0.909. The minimum atomic E-state index is -0.984. The maximum absolute atomic E-state index is 12.1. The highest BCUT2D eigenvalue weighted by atomic mass is 16.4. The highest BCUT2D eigenvalue weighted by Gasteiger charge is 2.22. The van der Waals surface area contributed by atoms with Gasteiger partial charge in [0.05, 0.1) is 17.8 Å². The maximum atomic E-state index is 12.1. The number of rotatable bonds is 5. The molecular formula is C16H22N2O3. The van der Waals surface area contributed by atoms with Crippen LogP contribution in [0, 0.1) is 5.92 Å². The van der Waals surface area contributed by atoms with E-state index in [1.165, 1.54) is 18.7 Å². The van der Waals surface area contributed by atoms with Crippen LogP contribution in [0.25, 0.3) is 0 Å². The van der Waals surface area contributed by atoms with E-state index in [1.807, 2.05) is 4.90 Å². The second-order valence-corrected chi connectivity index (χ2v) is 5.64. The standard InChI is InChI=1S/C16H22N2O3/c1-2-3-12-4-7-15(19)18(9-8-12)11-14-6-5-13(10-17-14)16(20)21/h5-6,10,12H,2-4,7-9,11H2,1H3,(H,20,21). The molecule has 1 fully saturated rings.